The van der Waals surface area contributed by atoms with Crippen molar-refractivity contribution in [2.75, 3.05) is 0 Å². The third-order valence-corrected chi connectivity index (χ3v) is 1.25. The van der Waals surface area contributed by atoms with Gasteiger partial charge in [-0.1, -0.05) is 0 Å². The Kier molecular flexibility index (Phi) is 3.14. The molecule has 7 heteroatoms. The van der Waals surface area contributed by atoms with Gasteiger partial charge in [-0.15, -0.1) is 4.52 Å². The number of rotatable bonds is 3. The monoisotopic (exact) mass is 171 g/mol. The number of carboxylic acid groups (broad SMARTS) is 1. The number of hydrogen-bond acceptors (Lipinski definition) is 5. The van der Waals surface area contributed by atoms with E-state index < -0.39 is 20.2 Å². The lowest BCUT2D eigenvalue weighted by atomic mass is 10.4. The zero-order chi connectivity index (χ0) is 8.36. The Morgan fingerprint density at radius 1 is 1.50 bits per heavy atom. The molecule has 0 aliphatic carbocycles. The molecule has 6 nitrogen and oxygen atoms in total. The molecule has 0 aromatic carbocycles. The van der Waals surface area contributed by atoms with Crippen LogP contribution in [-0.2, 0) is 9.32 Å². The maximum Gasteiger partial charge on any atom is 0.568 e. The molecule has 0 fully saturated rings. The Balaban J connectivity index is 3.80. The van der Waals surface area contributed by atoms with Crippen LogP contribution in [0.1, 0.15) is 6.92 Å². The first-order valence-electron chi connectivity index (χ1n) is 2.31. The highest BCUT2D eigenvalue weighted by Gasteiger charge is 2.38. The fourth-order valence-corrected chi connectivity index (χ4v) is 0.772. The van der Waals surface area contributed by atoms with Crippen molar-refractivity contribution in [1.29, 1.82) is 0 Å². The van der Waals surface area contributed by atoms with Gasteiger partial charge in [0.15, 0.2) is 0 Å². The summed E-state index contributed by atoms with van der Waals surface area (Å²) >= 11 is 0. The predicted octanol–water partition coefficient (Wildman–Crippen LogP) is -0.869. The van der Waals surface area contributed by atoms with Crippen molar-refractivity contribution in [2.24, 2.45) is 0 Å². The lowest BCUT2D eigenvalue weighted by molar-refractivity contribution is -0.145. The molecular formula is C3H8O6P+. The van der Waals surface area contributed by atoms with E-state index in [4.69, 9.17) is 19.8 Å². The van der Waals surface area contributed by atoms with Crippen LogP contribution in [0.3, 0.4) is 0 Å². The normalized spacial score (nSPS) is 14.8. The van der Waals surface area contributed by atoms with Crippen molar-refractivity contribution < 1.29 is 29.1 Å². The van der Waals surface area contributed by atoms with Gasteiger partial charge in [-0.3, -0.25) is 0 Å². The van der Waals surface area contributed by atoms with Gasteiger partial charge in [0.2, 0.25) is 6.10 Å². The summed E-state index contributed by atoms with van der Waals surface area (Å²) in [5.41, 5.74) is 0. The maximum atomic E-state index is 9.94. The minimum Gasteiger partial charge on any atom is -0.479 e. The first kappa shape index (κ1) is 9.74. The van der Waals surface area contributed by atoms with Gasteiger partial charge in [0.25, 0.3) is 0 Å². The maximum absolute atomic E-state index is 9.94. The summed E-state index contributed by atoms with van der Waals surface area (Å²) in [6.45, 7) is 1.07. The van der Waals surface area contributed by atoms with Crippen molar-refractivity contribution in [2.45, 2.75) is 13.0 Å². The molecule has 10 heavy (non-hydrogen) atoms. The summed E-state index contributed by atoms with van der Waals surface area (Å²) in [5.74, 6) is -1.37. The van der Waals surface area contributed by atoms with Crippen LogP contribution in [0.25, 0.3) is 0 Å². The van der Waals surface area contributed by atoms with Crippen LogP contribution < -0.4 is 0 Å². The molecule has 0 aromatic rings. The molecule has 0 heterocycles. The minimum atomic E-state index is -4.41. The average molecular weight is 171 g/mol. The number of aliphatic carboxylic acids is 1. The van der Waals surface area contributed by atoms with Gasteiger partial charge >= 0.3 is 14.1 Å². The zero-order valence-corrected chi connectivity index (χ0v) is 6.02. The van der Waals surface area contributed by atoms with E-state index in [0.29, 0.717) is 0 Å². The van der Waals surface area contributed by atoms with Crippen LogP contribution in [0, 0.1) is 0 Å². The van der Waals surface area contributed by atoms with E-state index in [0.717, 1.165) is 6.92 Å². The Bertz CT molecular complexity index is 127. The van der Waals surface area contributed by atoms with Crippen LogP contribution in [-0.4, -0.2) is 31.9 Å². The van der Waals surface area contributed by atoms with E-state index in [1.807, 2.05) is 0 Å². The summed E-state index contributed by atoms with van der Waals surface area (Å²) in [4.78, 5) is 34.5. The molecule has 60 valence electrons. The highest BCUT2D eigenvalue weighted by atomic mass is 31.2. The van der Waals surface area contributed by atoms with Crippen molar-refractivity contribution in [3.63, 3.8) is 0 Å². The minimum absolute atomic E-state index is 1.07. The van der Waals surface area contributed by atoms with Crippen LogP contribution in [0.2, 0.25) is 0 Å². The molecule has 0 spiro atoms. The average Bonchev–Trinajstić information content (AvgIpc) is 1.60. The highest BCUT2D eigenvalue weighted by molar-refractivity contribution is 7.53. The molecule has 0 bridgehead atoms. The van der Waals surface area contributed by atoms with Gasteiger partial charge in [-0.2, -0.15) is 14.7 Å². The molecular weight excluding hydrogens is 163 g/mol. The Morgan fingerprint density at radius 3 is 2.00 bits per heavy atom. The third kappa shape index (κ3) is 4.60. The molecule has 0 saturated heterocycles. The summed E-state index contributed by atoms with van der Waals surface area (Å²) < 4.78 is 3.88. The van der Waals surface area contributed by atoms with E-state index in [1.165, 1.54) is 0 Å². The van der Waals surface area contributed by atoms with E-state index in [2.05, 4.69) is 4.52 Å². The first-order chi connectivity index (χ1) is 4.33. The molecule has 0 amide bonds. The van der Waals surface area contributed by atoms with Gasteiger partial charge in [-0.25, -0.2) is 4.79 Å². The van der Waals surface area contributed by atoms with Crippen LogP contribution in [0.4, 0.5) is 0 Å². The van der Waals surface area contributed by atoms with Crippen molar-refractivity contribution in [3.8, 4) is 0 Å². The second-order valence-corrected chi connectivity index (χ2v) is 2.84. The molecule has 0 aliphatic heterocycles. The molecule has 1 atom stereocenters. The van der Waals surface area contributed by atoms with Crippen molar-refractivity contribution in [1.82, 2.24) is 0 Å². The number of carboxylic acids is 1. The van der Waals surface area contributed by atoms with Gasteiger partial charge in [0.05, 0.1) is 0 Å². The third-order valence-electron chi connectivity index (χ3n) is 0.647. The van der Waals surface area contributed by atoms with Gasteiger partial charge in [-0.05, 0) is 6.92 Å². The summed E-state index contributed by atoms with van der Waals surface area (Å²) in [5, 5.41) is 8.10. The Labute approximate surface area is 57.4 Å². The molecule has 0 aliphatic rings. The first-order valence-corrected chi connectivity index (χ1v) is 3.88. The zero-order valence-electron chi connectivity index (χ0n) is 5.13. The molecule has 0 rings (SSSR count). The number of carbonyl (C=O) groups is 1. The molecule has 0 unspecified atom stereocenters. The SMILES string of the molecule is C[C@@H](O[P+](O)(O)O)C(=O)O. The molecule has 0 radical (unpaired) electrons. The van der Waals surface area contributed by atoms with Crippen molar-refractivity contribution in [3.05, 3.63) is 0 Å². The highest BCUT2D eigenvalue weighted by Crippen LogP contribution is 2.46. The van der Waals surface area contributed by atoms with E-state index in [9.17, 15) is 4.79 Å². The van der Waals surface area contributed by atoms with Crippen LogP contribution in [0.15, 0.2) is 0 Å². The van der Waals surface area contributed by atoms with E-state index >= 15 is 0 Å². The fraction of sp³-hybridized carbons (Fsp3) is 0.667. The van der Waals surface area contributed by atoms with Crippen LogP contribution >= 0.6 is 8.17 Å². The molecule has 4 N–H and O–H groups in total. The smallest absolute Gasteiger partial charge is 0.479 e. The number of hydrogen-bond donors (Lipinski definition) is 4. The quantitative estimate of drug-likeness (QED) is 0.411. The largest absolute Gasteiger partial charge is 0.568 e. The summed E-state index contributed by atoms with van der Waals surface area (Å²) in [6.07, 6.45) is -1.42. The van der Waals surface area contributed by atoms with E-state index in [-0.39, 0.29) is 0 Å². The van der Waals surface area contributed by atoms with Gasteiger partial charge in [0.1, 0.15) is 0 Å². The topological polar surface area (TPSA) is 107 Å². The summed E-state index contributed by atoms with van der Waals surface area (Å²) in [6, 6.07) is 0. The summed E-state index contributed by atoms with van der Waals surface area (Å²) in [7, 11) is -4.41. The van der Waals surface area contributed by atoms with Crippen molar-refractivity contribution >= 4 is 14.1 Å². The lowest BCUT2D eigenvalue weighted by Gasteiger charge is -2.05. The molecule has 0 saturated carbocycles. The lowest BCUT2D eigenvalue weighted by Crippen LogP contribution is -2.19. The Hall–Kier alpha value is -0.260. The standard InChI is InChI=1S/C3H7O6P/c1-2(3(4)5)9-10(6,7)8/h2,6-8H,1H3/p+1/t2-/m1/s1. The second-order valence-electron chi connectivity index (χ2n) is 1.60. The predicted molar refractivity (Wildman–Crippen MR) is 31.8 cm³/mol. The molecule has 0 aromatic heterocycles. The van der Waals surface area contributed by atoms with Crippen LogP contribution in [0.5, 0.6) is 0 Å². The second kappa shape index (κ2) is 3.23. The van der Waals surface area contributed by atoms with Gasteiger partial charge in [0, 0.05) is 0 Å². The Morgan fingerprint density at radius 2 is 1.90 bits per heavy atom. The fourth-order valence-electron chi connectivity index (χ4n) is 0.257. The van der Waals surface area contributed by atoms with E-state index in [1.54, 1.807) is 0 Å². The van der Waals surface area contributed by atoms with Gasteiger partial charge < -0.3 is 5.11 Å².